The van der Waals surface area contributed by atoms with Gasteiger partial charge in [0, 0.05) is 25.5 Å². The first-order chi connectivity index (χ1) is 10.9. The molecule has 2 unspecified atom stereocenters. The lowest BCUT2D eigenvalue weighted by molar-refractivity contribution is -0.125. The van der Waals surface area contributed by atoms with Gasteiger partial charge in [0.05, 0.1) is 6.10 Å². The minimum Gasteiger partial charge on any atom is -0.377 e. The van der Waals surface area contributed by atoms with Crippen LogP contribution in [-0.4, -0.2) is 31.7 Å². The fourth-order valence-corrected chi connectivity index (χ4v) is 4.41. The molecule has 0 radical (unpaired) electrons. The Bertz CT molecular complexity index is 389. The maximum atomic E-state index is 12.5. The van der Waals surface area contributed by atoms with Crippen LogP contribution in [0, 0.1) is 16.7 Å². The summed E-state index contributed by atoms with van der Waals surface area (Å²) >= 11 is 0. The molecule has 1 aliphatic heterocycles. The minimum atomic E-state index is 0. The molecule has 5 heteroatoms. The highest BCUT2D eigenvalue weighted by Crippen LogP contribution is 2.38. The van der Waals surface area contributed by atoms with Gasteiger partial charge in [0.2, 0.25) is 5.91 Å². The molecular weight excluding hydrogens is 324 g/mol. The van der Waals surface area contributed by atoms with Gasteiger partial charge in [-0.1, -0.05) is 40.0 Å². The molecule has 0 aromatic carbocycles. The van der Waals surface area contributed by atoms with Crippen molar-refractivity contribution in [2.24, 2.45) is 22.5 Å². The van der Waals surface area contributed by atoms with Crippen molar-refractivity contribution in [1.29, 1.82) is 0 Å². The molecule has 2 rings (SSSR count). The van der Waals surface area contributed by atoms with E-state index in [4.69, 9.17) is 10.5 Å². The molecule has 3 N–H and O–H groups in total. The summed E-state index contributed by atoms with van der Waals surface area (Å²) in [6.07, 6.45) is 8.99. The first-order valence-electron chi connectivity index (χ1n) is 9.45. The van der Waals surface area contributed by atoms with E-state index in [1.165, 1.54) is 19.3 Å². The summed E-state index contributed by atoms with van der Waals surface area (Å²) in [7, 11) is 0. The Kier molecular flexibility index (Phi) is 8.51. The van der Waals surface area contributed by atoms with Crippen LogP contribution in [0.25, 0.3) is 0 Å². The third-order valence-electron chi connectivity index (χ3n) is 5.74. The fourth-order valence-electron chi connectivity index (χ4n) is 4.41. The minimum absolute atomic E-state index is 0. The van der Waals surface area contributed by atoms with E-state index >= 15 is 0 Å². The molecule has 0 spiro atoms. The molecule has 0 aromatic heterocycles. The number of nitrogens with two attached hydrogens (primary N) is 1. The maximum absolute atomic E-state index is 12.5. The van der Waals surface area contributed by atoms with E-state index in [0.717, 1.165) is 38.8 Å². The van der Waals surface area contributed by atoms with Gasteiger partial charge in [-0.3, -0.25) is 4.79 Å². The smallest absolute Gasteiger partial charge is 0.220 e. The van der Waals surface area contributed by atoms with Crippen LogP contribution in [0.15, 0.2) is 0 Å². The molecule has 0 aromatic rings. The van der Waals surface area contributed by atoms with Crippen molar-refractivity contribution in [2.75, 3.05) is 19.7 Å². The molecule has 1 amide bonds. The lowest BCUT2D eigenvalue weighted by Gasteiger charge is -2.40. The Morgan fingerprint density at radius 1 is 1.21 bits per heavy atom. The molecule has 1 saturated carbocycles. The Morgan fingerprint density at radius 3 is 2.46 bits per heavy atom. The first kappa shape index (κ1) is 21.7. The van der Waals surface area contributed by atoms with E-state index in [2.05, 4.69) is 26.1 Å². The monoisotopic (exact) mass is 360 g/mol. The van der Waals surface area contributed by atoms with Gasteiger partial charge in [-0.25, -0.2) is 0 Å². The van der Waals surface area contributed by atoms with Crippen LogP contribution in [0.5, 0.6) is 0 Å². The Hall–Kier alpha value is -0.320. The predicted molar refractivity (Wildman–Crippen MR) is 101 cm³/mol. The zero-order valence-electron chi connectivity index (χ0n) is 15.7. The molecule has 1 aliphatic carbocycles. The number of hydrogen-bond donors (Lipinski definition) is 2. The molecule has 4 nitrogen and oxygen atoms in total. The van der Waals surface area contributed by atoms with Crippen molar-refractivity contribution < 1.29 is 9.53 Å². The van der Waals surface area contributed by atoms with E-state index in [1.807, 2.05) is 0 Å². The number of amides is 1. The molecule has 2 fully saturated rings. The molecular formula is C19H37ClN2O2. The summed E-state index contributed by atoms with van der Waals surface area (Å²) in [5.74, 6) is 0.600. The highest BCUT2D eigenvalue weighted by atomic mass is 35.5. The van der Waals surface area contributed by atoms with Crippen molar-refractivity contribution >= 4 is 18.3 Å². The number of nitrogens with one attached hydrogen (secondary N) is 1. The summed E-state index contributed by atoms with van der Waals surface area (Å²) in [4.78, 5) is 12.5. The molecule has 0 bridgehead atoms. The Labute approximate surface area is 154 Å². The topological polar surface area (TPSA) is 64.3 Å². The lowest BCUT2D eigenvalue weighted by Crippen LogP contribution is -2.46. The van der Waals surface area contributed by atoms with Gasteiger partial charge in [0.1, 0.15) is 0 Å². The lowest BCUT2D eigenvalue weighted by atomic mass is 9.71. The number of hydrogen-bond acceptors (Lipinski definition) is 3. The predicted octanol–water partition coefficient (Wildman–Crippen LogP) is 3.67. The molecule has 24 heavy (non-hydrogen) atoms. The zero-order chi connectivity index (χ0) is 16.9. The summed E-state index contributed by atoms with van der Waals surface area (Å²) in [6.45, 7) is 8.90. The van der Waals surface area contributed by atoms with Crippen LogP contribution in [-0.2, 0) is 9.53 Å². The van der Waals surface area contributed by atoms with Crippen molar-refractivity contribution in [2.45, 2.75) is 78.2 Å². The van der Waals surface area contributed by atoms with Crippen molar-refractivity contribution in [1.82, 2.24) is 5.32 Å². The highest BCUT2D eigenvalue weighted by Gasteiger charge is 2.36. The third-order valence-corrected chi connectivity index (χ3v) is 5.74. The van der Waals surface area contributed by atoms with Gasteiger partial charge in [0.15, 0.2) is 0 Å². The number of carbonyl (C=O) groups excluding carboxylic acids is 1. The van der Waals surface area contributed by atoms with Crippen LogP contribution in [0.4, 0.5) is 0 Å². The molecule has 142 valence electrons. The maximum Gasteiger partial charge on any atom is 0.220 e. The van der Waals surface area contributed by atoms with Crippen LogP contribution in [0.2, 0.25) is 0 Å². The summed E-state index contributed by atoms with van der Waals surface area (Å²) in [5.41, 5.74) is 6.18. The summed E-state index contributed by atoms with van der Waals surface area (Å²) in [6, 6.07) is 0. The SMILES string of the molecule is CC(C)(C)C1OCCCC1CNC(=O)CC1(CN)CCCCC1.Cl. The van der Waals surface area contributed by atoms with Crippen LogP contribution in [0.1, 0.15) is 72.1 Å². The molecule has 1 saturated heterocycles. The standard InChI is InChI=1S/C19H36N2O2.ClH/c1-18(2,3)17-15(8-7-11-23-17)13-21-16(22)12-19(14-20)9-5-4-6-10-19;/h15,17H,4-14,20H2,1-3H3,(H,21,22);1H. The van der Waals surface area contributed by atoms with Crippen molar-refractivity contribution in [3.05, 3.63) is 0 Å². The van der Waals surface area contributed by atoms with E-state index in [9.17, 15) is 4.79 Å². The zero-order valence-corrected chi connectivity index (χ0v) is 16.6. The average molecular weight is 361 g/mol. The fraction of sp³-hybridized carbons (Fsp3) is 0.947. The summed E-state index contributed by atoms with van der Waals surface area (Å²) < 4.78 is 6.01. The van der Waals surface area contributed by atoms with Gasteiger partial charge in [0.25, 0.3) is 0 Å². The normalized spacial score (nSPS) is 27.2. The van der Waals surface area contributed by atoms with E-state index in [0.29, 0.717) is 18.9 Å². The van der Waals surface area contributed by atoms with Crippen LogP contribution >= 0.6 is 12.4 Å². The second kappa shape index (κ2) is 9.40. The Balaban J connectivity index is 0.00000288. The average Bonchev–Trinajstić information content (AvgIpc) is 2.53. The number of carbonyl (C=O) groups is 1. The Morgan fingerprint density at radius 2 is 1.88 bits per heavy atom. The number of halogens is 1. The van der Waals surface area contributed by atoms with E-state index < -0.39 is 0 Å². The molecule has 1 heterocycles. The third kappa shape index (κ3) is 5.89. The van der Waals surface area contributed by atoms with Crippen LogP contribution < -0.4 is 11.1 Å². The quantitative estimate of drug-likeness (QED) is 0.786. The van der Waals surface area contributed by atoms with Gasteiger partial charge in [-0.05, 0) is 43.1 Å². The number of ether oxygens (including phenoxy) is 1. The second-order valence-electron chi connectivity index (χ2n) is 8.81. The largest absolute Gasteiger partial charge is 0.377 e. The number of rotatable bonds is 5. The summed E-state index contributed by atoms with van der Waals surface area (Å²) in [5, 5.41) is 3.19. The van der Waals surface area contributed by atoms with E-state index in [-0.39, 0.29) is 35.2 Å². The van der Waals surface area contributed by atoms with Gasteiger partial charge < -0.3 is 15.8 Å². The van der Waals surface area contributed by atoms with Crippen molar-refractivity contribution in [3.8, 4) is 0 Å². The van der Waals surface area contributed by atoms with Gasteiger partial charge >= 0.3 is 0 Å². The molecule has 2 atom stereocenters. The van der Waals surface area contributed by atoms with Gasteiger partial charge in [-0.2, -0.15) is 0 Å². The first-order valence-corrected chi connectivity index (χ1v) is 9.45. The van der Waals surface area contributed by atoms with Gasteiger partial charge in [-0.15, -0.1) is 12.4 Å². The highest BCUT2D eigenvalue weighted by molar-refractivity contribution is 5.85. The van der Waals surface area contributed by atoms with Crippen LogP contribution in [0.3, 0.4) is 0 Å². The molecule has 2 aliphatic rings. The second-order valence-corrected chi connectivity index (χ2v) is 8.81. The van der Waals surface area contributed by atoms with E-state index in [1.54, 1.807) is 0 Å². The van der Waals surface area contributed by atoms with Crippen molar-refractivity contribution in [3.63, 3.8) is 0 Å².